The first-order valence-corrected chi connectivity index (χ1v) is 7.66. The maximum Gasteiger partial charge on any atom is 0.328 e. The number of nitrogens with one attached hydrogen (secondary N) is 1. The molecule has 0 bridgehead atoms. The molecule has 1 rings (SSSR count). The fourth-order valence-electron chi connectivity index (χ4n) is 2.04. The maximum atomic E-state index is 12.0. The van der Waals surface area contributed by atoms with E-state index in [1.54, 1.807) is 6.92 Å². The molecule has 0 aliphatic heterocycles. The first-order chi connectivity index (χ1) is 11.8. The normalized spacial score (nSPS) is 12.6. The number of esters is 1. The average Bonchev–Trinajstić information content (AvgIpc) is 2.62. The maximum absolute atomic E-state index is 12.0. The molecule has 0 radical (unpaired) electrons. The third-order valence-electron chi connectivity index (χ3n) is 3.71. The molecule has 1 amide bonds. The number of rotatable bonds is 9. The lowest BCUT2D eigenvalue weighted by Gasteiger charge is -2.21. The summed E-state index contributed by atoms with van der Waals surface area (Å²) in [4.78, 5) is 34.2. The fourth-order valence-corrected chi connectivity index (χ4v) is 2.04. The van der Waals surface area contributed by atoms with Crippen molar-refractivity contribution in [2.45, 2.75) is 26.3 Å². The van der Waals surface area contributed by atoms with E-state index in [9.17, 15) is 19.7 Å². The van der Waals surface area contributed by atoms with E-state index in [0.29, 0.717) is 12.2 Å². The van der Waals surface area contributed by atoms with Crippen molar-refractivity contribution < 1.29 is 28.7 Å². The van der Waals surface area contributed by atoms with Gasteiger partial charge in [0.25, 0.3) is 5.91 Å². The van der Waals surface area contributed by atoms with Gasteiger partial charge in [0.1, 0.15) is 11.8 Å². The second kappa shape index (κ2) is 9.45. The Labute approximate surface area is 145 Å². The highest BCUT2D eigenvalue weighted by atomic mass is 16.6. The molecule has 1 aromatic rings. The van der Waals surface area contributed by atoms with Gasteiger partial charge < -0.3 is 19.5 Å². The minimum Gasteiger partial charge on any atom is -0.496 e. The number of hydrogen-bond acceptors (Lipinski definition) is 7. The number of nitro groups is 1. The second-order valence-corrected chi connectivity index (χ2v) is 5.33. The highest BCUT2D eigenvalue weighted by Gasteiger charge is 2.27. The summed E-state index contributed by atoms with van der Waals surface area (Å²) in [6, 6.07) is 3.22. The van der Waals surface area contributed by atoms with Crippen molar-refractivity contribution in [3.8, 4) is 11.5 Å². The minimum absolute atomic E-state index is 0.0703. The predicted molar refractivity (Wildman–Crippen MR) is 88.5 cm³/mol. The molecule has 1 aromatic carbocycles. The summed E-state index contributed by atoms with van der Waals surface area (Å²) in [5.41, 5.74) is -0.321. The monoisotopic (exact) mass is 354 g/mol. The summed E-state index contributed by atoms with van der Waals surface area (Å²) >= 11 is 0. The van der Waals surface area contributed by atoms with E-state index in [-0.39, 0.29) is 17.4 Å². The summed E-state index contributed by atoms with van der Waals surface area (Å²) in [6.45, 7) is 3.21. The first kappa shape index (κ1) is 20.2. The minimum atomic E-state index is -0.808. The summed E-state index contributed by atoms with van der Waals surface area (Å²) in [7, 11) is 2.62. The Kier molecular flexibility index (Phi) is 7.64. The lowest BCUT2D eigenvalue weighted by Crippen LogP contribution is -2.47. The molecular weight excluding hydrogens is 332 g/mol. The van der Waals surface area contributed by atoms with Gasteiger partial charge in [-0.2, -0.15) is 0 Å². The highest BCUT2D eigenvalue weighted by Crippen LogP contribution is 2.30. The van der Waals surface area contributed by atoms with E-state index < -0.39 is 29.4 Å². The number of carbonyl (C=O) groups is 2. The van der Waals surface area contributed by atoms with Gasteiger partial charge in [0, 0.05) is 0 Å². The molecule has 25 heavy (non-hydrogen) atoms. The third-order valence-corrected chi connectivity index (χ3v) is 3.71. The summed E-state index contributed by atoms with van der Waals surface area (Å²) in [5, 5.41) is 13.6. The Balaban J connectivity index is 2.78. The fraction of sp³-hybridized carbons (Fsp3) is 0.500. The van der Waals surface area contributed by atoms with Crippen LogP contribution in [0.15, 0.2) is 18.2 Å². The van der Waals surface area contributed by atoms with Crippen molar-refractivity contribution in [1.29, 1.82) is 0 Å². The van der Waals surface area contributed by atoms with Gasteiger partial charge in [-0.1, -0.05) is 20.3 Å². The summed E-state index contributed by atoms with van der Waals surface area (Å²) in [5.74, 6) is -1.05. The molecule has 0 fully saturated rings. The first-order valence-electron chi connectivity index (χ1n) is 7.66. The Morgan fingerprint density at radius 1 is 1.32 bits per heavy atom. The smallest absolute Gasteiger partial charge is 0.328 e. The van der Waals surface area contributed by atoms with Gasteiger partial charge in [-0.15, -0.1) is 0 Å². The number of methoxy groups -OCH3 is 2. The van der Waals surface area contributed by atoms with E-state index in [0.717, 1.165) is 0 Å². The molecule has 1 N–H and O–H groups in total. The lowest BCUT2D eigenvalue weighted by atomic mass is 9.99. The van der Waals surface area contributed by atoms with Gasteiger partial charge >= 0.3 is 11.7 Å². The van der Waals surface area contributed by atoms with Crippen LogP contribution >= 0.6 is 0 Å². The topological polar surface area (TPSA) is 117 Å². The molecule has 0 unspecified atom stereocenters. The van der Waals surface area contributed by atoms with Crippen LogP contribution in [-0.2, 0) is 14.3 Å². The molecular formula is C16H22N2O7. The number of hydrogen-bond donors (Lipinski definition) is 1. The molecule has 9 heteroatoms. The summed E-state index contributed by atoms with van der Waals surface area (Å²) < 4.78 is 14.8. The van der Waals surface area contributed by atoms with Crippen LogP contribution in [0.4, 0.5) is 5.69 Å². The third kappa shape index (κ3) is 5.63. The molecule has 0 aromatic heterocycles. The van der Waals surface area contributed by atoms with Crippen LogP contribution in [0, 0.1) is 16.0 Å². The van der Waals surface area contributed by atoms with Crippen molar-refractivity contribution in [2.75, 3.05) is 20.8 Å². The zero-order valence-corrected chi connectivity index (χ0v) is 14.6. The van der Waals surface area contributed by atoms with Crippen molar-refractivity contribution >= 4 is 17.6 Å². The van der Waals surface area contributed by atoms with Gasteiger partial charge in [-0.3, -0.25) is 14.9 Å². The standard InChI is InChI=1S/C16H22N2O7/c1-5-10(2)15(16(20)24-4)17-14(19)9-25-13-7-6-11(23-3)8-12(13)18(21)22/h6-8,10,15H,5,9H2,1-4H3,(H,17,19)/t10-,15+/m0/s1. The largest absolute Gasteiger partial charge is 0.496 e. The SMILES string of the molecule is CC[C@H](C)[C@@H](NC(=O)COc1ccc(OC)cc1[N+](=O)[O-])C(=O)OC. The molecule has 0 aliphatic rings. The van der Waals surface area contributed by atoms with Crippen LogP contribution in [0.5, 0.6) is 11.5 Å². The van der Waals surface area contributed by atoms with E-state index in [1.807, 2.05) is 6.92 Å². The Bertz CT molecular complexity index is 633. The van der Waals surface area contributed by atoms with Gasteiger partial charge in [0.15, 0.2) is 12.4 Å². The van der Waals surface area contributed by atoms with Crippen LogP contribution in [-0.4, -0.2) is 43.7 Å². The van der Waals surface area contributed by atoms with E-state index >= 15 is 0 Å². The van der Waals surface area contributed by atoms with E-state index in [1.165, 1.54) is 32.4 Å². The molecule has 9 nitrogen and oxygen atoms in total. The van der Waals surface area contributed by atoms with Gasteiger partial charge in [-0.25, -0.2) is 4.79 Å². The van der Waals surface area contributed by atoms with Gasteiger partial charge in [-0.05, 0) is 18.1 Å². The molecule has 0 aliphatic carbocycles. The summed E-state index contributed by atoms with van der Waals surface area (Å²) in [6.07, 6.45) is 0.658. The number of ether oxygens (including phenoxy) is 3. The van der Waals surface area contributed by atoms with Crippen molar-refractivity contribution in [2.24, 2.45) is 5.92 Å². The van der Waals surface area contributed by atoms with Crippen molar-refractivity contribution in [1.82, 2.24) is 5.32 Å². The zero-order chi connectivity index (χ0) is 19.0. The van der Waals surface area contributed by atoms with Crippen molar-refractivity contribution in [3.63, 3.8) is 0 Å². The van der Waals surface area contributed by atoms with Gasteiger partial charge in [0.2, 0.25) is 0 Å². The predicted octanol–water partition coefficient (Wildman–Crippen LogP) is 1.69. The van der Waals surface area contributed by atoms with E-state index in [2.05, 4.69) is 10.1 Å². The number of benzene rings is 1. The molecule has 2 atom stereocenters. The molecule has 138 valence electrons. The number of nitro benzene ring substituents is 1. The quantitative estimate of drug-likeness (QED) is 0.407. The Hall–Kier alpha value is -2.84. The molecule has 0 spiro atoms. The molecule has 0 saturated carbocycles. The second-order valence-electron chi connectivity index (χ2n) is 5.33. The van der Waals surface area contributed by atoms with Crippen LogP contribution in [0.25, 0.3) is 0 Å². The molecule has 0 heterocycles. The van der Waals surface area contributed by atoms with Gasteiger partial charge in [0.05, 0.1) is 25.2 Å². The number of amides is 1. The zero-order valence-electron chi connectivity index (χ0n) is 14.6. The van der Waals surface area contributed by atoms with Crippen LogP contribution in [0.2, 0.25) is 0 Å². The van der Waals surface area contributed by atoms with Crippen LogP contribution < -0.4 is 14.8 Å². The van der Waals surface area contributed by atoms with Crippen LogP contribution in [0.3, 0.4) is 0 Å². The lowest BCUT2D eigenvalue weighted by molar-refractivity contribution is -0.385. The molecule has 0 saturated heterocycles. The van der Waals surface area contributed by atoms with Crippen molar-refractivity contribution in [3.05, 3.63) is 28.3 Å². The van der Waals surface area contributed by atoms with E-state index in [4.69, 9.17) is 9.47 Å². The number of carbonyl (C=O) groups excluding carboxylic acids is 2. The highest BCUT2D eigenvalue weighted by molar-refractivity contribution is 5.85. The average molecular weight is 354 g/mol. The Morgan fingerprint density at radius 2 is 2.00 bits per heavy atom. The Morgan fingerprint density at radius 3 is 2.52 bits per heavy atom. The van der Waals surface area contributed by atoms with Crippen LogP contribution in [0.1, 0.15) is 20.3 Å². The number of nitrogens with zero attached hydrogens (tertiary/aromatic N) is 1.